The Morgan fingerprint density at radius 3 is 2.53 bits per heavy atom. The number of hydrogen-bond acceptors (Lipinski definition) is 5. The fraction of sp³-hybridized carbons (Fsp3) is 0.182. The van der Waals surface area contributed by atoms with Crippen molar-refractivity contribution in [1.29, 1.82) is 0 Å². The van der Waals surface area contributed by atoms with E-state index in [4.69, 9.17) is 16.3 Å². The molecule has 0 radical (unpaired) electrons. The maximum atomic E-state index is 5.69. The van der Waals surface area contributed by atoms with Crippen LogP contribution >= 0.6 is 11.6 Å². The number of methoxy groups -OCH3 is 1. The second-order valence-corrected chi connectivity index (χ2v) is 3.72. The fourth-order valence-electron chi connectivity index (χ4n) is 1.22. The second kappa shape index (κ2) is 5.45. The maximum Gasteiger partial charge on any atom is 0.222 e. The second-order valence-electron chi connectivity index (χ2n) is 3.29. The molecule has 6 heteroatoms. The zero-order chi connectivity index (χ0) is 12.1. The molecule has 0 aliphatic carbocycles. The summed E-state index contributed by atoms with van der Waals surface area (Å²) >= 11 is 5.69. The number of anilines is 1. The maximum absolute atomic E-state index is 5.69. The number of ether oxygens (including phenoxy) is 1. The van der Waals surface area contributed by atoms with Crippen molar-refractivity contribution in [2.45, 2.75) is 6.54 Å². The van der Waals surface area contributed by atoms with E-state index >= 15 is 0 Å². The van der Waals surface area contributed by atoms with Gasteiger partial charge in [0.05, 0.1) is 24.5 Å². The molecular formula is C11H11ClN4O. The van der Waals surface area contributed by atoms with Gasteiger partial charge in [0.1, 0.15) is 0 Å². The van der Waals surface area contributed by atoms with Crippen molar-refractivity contribution in [1.82, 2.24) is 15.0 Å². The van der Waals surface area contributed by atoms with E-state index in [1.807, 2.05) is 6.07 Å². The molecule has 5 nitrogen and oxygen atoms in total. The predicted octanol–water partition coefficient (Wildman–Crippen LogP) is 2.15. The summed E-state index contributed by atoms with van der Waals surface area (Å²) < 4.78 is 4.97. The average molecular weight is 251 g/mol. The average Bonchev–Trinajstić information content (AvgIpc) is 2.39. The first-order valence-electron chi connectivity index (χ1n) is 4.98. The summed E-state index contributed by atoms with van der Waals surface area (Å²) in [4.78, 5) is 12.2. The van der Waals surface area contributed by atoms with Crippen molar-refractivity contribution in [3.63, 3.8) is 0 Å². The summed E-state index contributed by atoms with van der Waals surface area (Å²) in [6.07, 6.45) is 4.83. The van der Waals surface area contributed by atoms with Gasteiger partial charge in [-0.05, 0) is 5.56 Å². The van der Waals surface area contributed by atoms with Gasteiger partial charge in [0.15, 0.2) is 0 Å². The zero-order valence-electron chi connectivity index (χ0n) is 9.22. The van der Waals surface area contributed by atoms with Gasteiger partial charge in [-0.2, -0.15) is 0 Å². The molecule has 2 heterocycles. The highest BCUT2D eigenvalue weighted by Crippen LogP contribution is 2.09. The van der Waals surface area contributed by atoms with Crippen LogP contribution in [0.1, 0.15) is 5.56 Å². The molecule has 0 atom stereocenters. The topological polar surface area (TPSA) is 59.9 Å². The monoisotopic (exact) mass is 250 g/mol. The molecule has 0 spiro atoms. The summed E-state index contributed by atoms with van der Waals surface area (Å²) in [6.45, 7) is 0.596. The number of nitrogens with one attached hydrogen (secondary N) is 1. The number of nitrogens with zero attached hydrogens (tertiary/aromatic N) is 3. The Labute approximate surface area is 104 Å². The molecule has 0 aromatic carbocycles. The molecule has 2 aromatic heterocycles. The van der Waals surface area contributed by atoms with Gasteiger partial charge in [0.2, 0.25) is 11.8 Å². The summed E-state index contributed by atoms with van der Waals surface area (Å²) in [7, 11) is 1.59. The van der Waals surface area contributed by atoms with Crippen LogP contribution in [-0.2, 0) is 6.54 Å². The Kier molecular flexibility index (Phi) is 3.72. The van der Waals surface area contributed by atoms with E-state index in [-0.39, 0.29) is 0 Å². The van der Waals surface area contributed by atoms with E-state index < -0.39 is 0 Å². The number of hydrogen-bond donors (Lipinski definition) is 1. The van der Waals surface area contributed by atoms with Gasteiger partial charge in [-0.1, -0.05) is 17.7 Å². The highest BCUT2D eigenvalue weighted by molar-refractivity contribution is 6.30. The van der Waals surface area contributed by atoms with E-state index in [1.165, 1.54) is 0 Å². The number of rotatable bonds is 4. The van der Waals surface area contributed by atoms with Gasteiger partial charge < -0.3 is 10.1 Å². The zero-order valence-corrected chi connectivity index (χ0v) is 9.98. The molecule has 0 aliphatic rings. The van der Waals surface area contributed by atoms with Crippen LogP contribution < -0.4 is 10.1 Å². The fourth-order valence-corrected chi connectivity index (χ4v) is 1.32. The van der Waals surface area contributed by atoms with Gasteiger partial charge >= 0.3 is 0 Å². The molecule has 1 N–H and O–H groups in total. The molecule has 88 valence electrons. The van der Waals surface area contributed by atoms with Crippen LogP contribution in [0, 0.1) is 0 Å². The summed E-state index contributed by atoms with van der Waals surface area (Å²) in [5.41, 5.74) is 1.02. The molecular weight excluding hydrogens is 240 g/mol. The van der Waals surface area contributed by atoms with Crippen LogP contribution in [0.25, 0.3) is 0 Å². The lowest BCUT2D eigenvalue weighted by Crippen LogP contribution is -2.03. The Morgan fingerprint density at radius 2 is 1.94 bits per heavy atom. The molecule has 2 aromatic rings. The number of halogens is 1. The van der Waals surface area contributed by atoms with Crippen molar-refractivity contribution in [3.05, 3.63) is 41.3 Å². The first-order valence-corrected chi connectivity index (χ1v) is 5.36. The van der Waals surface area contributed by atoms with Gasteiger partial charge in [-0.3, -0.25) is 0 Å². The Balaban J connectivity index is 1.95. The lowest BCUT2D eigenvalue weighted by molar-refractivity contribution is 0.397. The molecule has 0 amide bonds. The van der Waals surface area contributed by atoms with E-state index in [1.54, 1.807) is 31.8 Å². The minimum atomic E-state index is 0.515. The lowest BCUT2D eigenvalue weighted by Gasteiger charge is -2.04. The number of pyridine rings is 1. The highest BCUT2D eigenvalue weighted by atomic mass is 35.5. The van der Waals surface area contributed by atoms with Crippen LogP contribution in [0.3, 0.4) is 0 Å². The van der Waals surface area contributed by atoms with Gasteiger partial charge in [0, 0.05) is 18.8 Å². The van der Waals surface area contributed by atoms with Crippen LogP contribution in [0.5, 0.6) is 5.88 Å². The van der Waals surface area contributed by atoms with Crippen molar-refractivity contribution in [2.75, 3.05) is 12.4 Å². The van der Waals surface area contributed by atoms with E-state index in [2.05, 4.69) is 20.3 Å². The van der Waals surface area contributed by atoms with Crippen molar-refractivity contribution in [3.8, 4) is 5.88 Å². The van der Waals surface area contributed by atoms with Crippen LogP contribution in [-0.4, -0.2) is 22.1 Å². The third-order valence-electron chi connectivity index (χ3n) is 2.08. The summed E-state index contributed by atoms with van der Waals surface area (Å²) in [5, 5.41) is 3.58. The van der Waals surface area contributed by atoms with Crippen LogP contribution in [0.4, 0.5) is 5.95 Å². The minimum absolute atomic E-state index is 0.515. The van der Waals surface area contributed by atoms with E-state index in [0.717, 1.165) is 5.56 Å². The quantitative estimate of drug-likeness (QED) is 0.901. The highest BCUT2D eigenvalue weighted by Gasteiger charge is 1.98. The smallest absolute Gasteiger partial charge is 0.222 e. The third-order valence-corrected chi connectivity index (χ3v) is 2.27. The standard InChI is InChI=1S/C11H11ClN4O/c1-17-10-3-2-8(4-13-10)5-14-11-15-6-9(12)7-16-11/h2-4,6-7H,5H2,1H3,(H,14,15,16). The minimum Gasteiger partial charge on any atom is -0.481 e. The SMILES string of the molecule is COc1ccc(CNc2ncc(Cl)cn2)cn1. The Bertz CT molecular complexity index is 472. The van der Waals surface area contributed by atoms with E-state index in [9.17, 15) is 0 Å². The van der Waals surface area contributed by atoms with Crippen molar-refractivity contribution >= 4 is 17.5 Å². The lowest BCUT2D eigenvalue weighted by atomic mass is 10.3. The van der Waals surface area contributed by atoms with Gasteiger partial charge in [-0.25, -0.2) is 15.0 Å². The predicted molar refractivity (Wildman–Crippen MR) is 65.2 cm³/mol. The molecule has 0 unspecified atom stereocenters. The summed E-state index contributed by atoms with van der Waals surface area (Å²) in [6, 6.07) is 3.73. The first kappa shape index (κ1) is 11.6. The Morgan fingerprint density at radius 1 is 1.18 bits per heavy atom. The number of aromatic nitrogens is 3. The van der Waals surface area contributed by atoms with Gasteiger partial charge in [-0.15, -0.1) is 0 Å². The molecule has 0 aliphatic heterocycles. The van der Waals surface area contributed by atoms with Crippen LogP contribution in [0.2, 0.25) is 5.02 Å². The Hall–Kier alpha value is -1.88. The molecule has 0 fully saturated rings. The largest absolute Gasteiger partial charge is 0.481 e. The molecule has 2 rings (SSSR count). The van der Waals surface area contributed by atoms with Crippen molar-refractivity contribution < 1.29 is 4.74 Å². The van der Waals surface area contributed by atoms with Crippen molar-refractivity contribution in [2.24, 2.45) is 0 Å². The molecule has 17 heavy (non-hydrogen) atoms. The van der Waals surface area contributed by atoms with Gasteiger partial charge in [0.25, 0.3) is 0 Å². The molecule has 0 saturated carbocycles. The summed E-state index contributed by atoms with van der Waals surface area (Å²) in [5.74, 6) is 1.13. The third kappa shape index (κ3) is 3.29. The molecule has 0 bridgehead atoms. The molecule has 0 saturated heterocycles. The van der Waals surface area contributed by atoms with Crippen LogP contribution in [0.15, 0.2) is 30.7 Å². The first-order chi connectivity index (χ1) is 8.28. The van der Waals surface area contributed by atoms with E-state index in [0.29, 0.717) is 23.4 Å². The normalized spacial score (nSPS) is 10.0.